The van der Waals surface area contributed by atoms with Crippen LogP contribution in [-0.2, 0) is 9.47 Å². The van der Waals surface area contributed by atoms with Gasteiger partial charge in [-0.1, -0.05) is 6.07 Å². The van der Waals surface area contributed by atoms with E-state index in [0.29, 0.717) is 0 Å². The Hall–Kier alpha value is -2.17. The second-order valence-corrected chi connectivity index (χ2v) is 3.34. The van der Waals surface area contributed by atoms with Gasteiger partial charge in [0.1, 0.15) is 5.56 Å². The summed E-state index contributed by atoms with van der Waals surface area (Å²) >= 11 is 0. The monoisotopic (exact) mass is 250 g/mol. The first kappa shape index (κ1) is 13.9. The van der Waals surface area contributed by atoms with Gasteiger partial charge < -0.3 is 9.47 Å². The van der Waals surface area contributed by atoms with Gasteiger partial charge in [-0.3, -0.25) is 4.79 Å². The molecule has 0 atom stereocenters. The Morgan fingerprint density at radius 2 is 1.67 bits per heavy atom. The third-order valence-corrected chi connectivity index (χ3v) is 2.10. The minimum Gasteiger partial charge on any atom is -0.462 e. The molecule has 0 aliphatic rings. The first-order valence-corrected chi connectivity index (χ1v) is 5.58. The van der Waals surface area contributed by atoms with Crippen molar-refractivity contribution in [3.63, 3.8) is 0 Å². The predicted octanol–water partition coefficient (Wildman–Crippen LogP) is 1.40. The van der Waals surface area contributed by atoms with Crippen LogP contribution in [0.4, 0.5) is 0 Å². The molecule has 1 aromatic rings. The van der Waals surface area contributed by atoms with E-state index in [9.17, 15) is 14.4 Å². The molecular formula is C13H14O5. The molecule has 0 saturated carbocycles. The Morgan fingerprint density at radius 1 is 1.06 bits per heavy atom. The van der Waals surface area contributed by atoms with E-state index in [4.69, 9.17) is 9.47 Å². The molecule has 0 spiro atoms. The highest BCUT2D eigenvalue weighted by Gasteiger charge is 2.13. The highest BCUT2D eigenvalue weighted by atomic mass is 16.5. The van der Waals surface area contributed by atoms with Crippen LogP contribution >= 0.6 is 0 Å². The normalized spacial score (nSPS) is 9.67. The average Bonchev–Trinajstić information content (AvgIpc) is 2.52. The van der Waals surface area contributed by atoms with Crippen molar-refractivity contribution in [2.45, 2.75) is 13.8 Å². The number of ether oxygens (including phenoxy) is 2. The number of carbonyl (C=O) groups excluding carboxylic acids is 2. The van der Waals surface area contributed by atoms with Gasteiger partial charge in [-0.2, -0.15) is 0 Å². The molecule has 0 radical (unpaired) electrons. The van der Waals surface area contributed by atoms with Gasteiger partial charge in [0.2, 0.25) is 0 Å². The van der Waals surface area contributed by atoms with Crippen LogP contribution in [0.5, 0.6) is 0 Å². The standard InChI is InChI=1S/C13H14O5/c1-3-17-12(15)9-6-5-7-11(14)10(8-9)13(16)18-4-2/h5-8H,3-4H2,1-2H3. The quantitative estimate of drug-likeness (QED) is 0.755. The van der Waals surface area contributed by atoms with Crippen LogP contribution in [-0.4, -0.2) is 25.2 Å². The third-order valence-electron chi connectivity index (χ3n) is 2.10. The van der Waals surface area contributed by atoms with Crippen LogP contribution < -0.4 is 5.43 Å². The Kier molecular flexibility index (Phi) is 5.05. The number of esters is 2. The van der Waals surface area contributed by atoms with Gasteiger partial charge in [0, 0.05) is 0 Å². The van der Waals surface area contributed by atoms with E-state index in [1.54, 1.807) is 13.8 Å². The molecule has 5 nitrogen and oxygen atoms in total. The number of hydrogen-bond donors (Lipinski definition) is 0. The topological polar surface area (TPSA) is 69.7 Å². The van der Waals surface area contributed by atoms with Crippen LogP contribution in [0.3, 0.4) is 0 Å². The van der Waals surface area contributed by atoms with Gasteiger partial charge in [-0.05, 0) is 32.0 Å². The van der Waals surface area contributed by atoms with Gasteiger partial charge in [0.25, 0.3) is 0 Å². The van der Waals surface area contributed by atoms with E-state index in [2.05, 4.69) is 0 Å². The fourth-order valence-electron chi connectivity index (χ4n) is 1.31. The summed E-state index contributed by atoms with van der Waals surface area (Å²) in [6.45, 7) is 3.69. The highest BCUT2D eigenvalue weighted by Crippen LogP contribution is 2.03. The lowest BCUT2D eigenvalue weighted by Crippen LogP contribution is -2.15. The van der Waals surface area contributed by atoms with Crippen molar-refractivity contribution >= 4 is 11.9 Å². The lowest BCUT2D eigenvalue weighted by atomic mass is 10.2. The Balaban J connectivity index is 3.23. The molecule has 0 fully saturated rings. The molecule has 0 N–H and O–H groups in total. The maximum Gasteiger partial charge on any atom is 0.342 e. The van der Waals surface area contributed by atoms with E-state index in [-0.39, 0.29) is 24.3 Å². The SMILES string of the molecule is CCOC(=O)c1cccc(=O)c(C(=O)OCC)c1. The van der Waals surface area contributed by atoms with Crippen molar-refractivity contribution in [2.24, 2.45) is 0 Å². The first-order chi connectivity index (χ1) is 8.60. The summed E-state index contributed by atoms with van der Waals surface area (Å²) in [5.41, 5.74) is -0.532. The summed E-state index contributed by atoms with van der Waals surface area (Å²) in [5.74, 6) is -1.33. The van der Waals surface area contributed by atoms with Crippen molar-refractivity contribution in [1.82, 2.24) is 0 Å². The van der Waals surface area contributed by atoms with Gasteiger partial charge in [0.15, 0.2) is 5.43 Å². The van der Waals surface area contributed by atoms with E-state index in [0.717, 1.165) is 0 Å². The van der Waals surface area contributed by atoms with Gasteiger partial charge in [0.05, 0.1) is 18.8 Å². The molecule has 0 bridgehead atoms. The molecule has 0 saturated heterocycles. The maximum absolute atomic E-state index is 11.6. The van der Waals surface area contributed by atoms with Crippen molar-refractivity contribution in [3.05, 3.63) is 45.6 Å². The predicted molar refractivity (Wildman–Crippen MR) is 64.6 cm³/mol. The van der Waals surface area contributed by atoms with Gasteiger partial charge in [-0.15, -0.1) is 0 Å². The summed E-state index contributed by atoms with van der Waals surface area (Å²) in [6.07, 6.45) is 0. The summed E-state index contributed by atoms with van der Waals surface area (Å²) in [4.78, 5) is 34.7. The molecular weight excluding hydrogens is 236 g/mol. The zero-order chi connectivity index (χ0) is 13.5. The van der Waals surface area contributed by atoms with E-state index in [1.807, 2.05) is 0 Å². The fourth-order valence-corrected chi connectivity index (χ4v) is 1.31. The lowest BCUT2D eigenvalue weighted by molar-refractivity contribution is 0.0525. The van der Waals surface area contributed by atoms with E-state index >= 15 is 0 Å². The molecule has 0 heterocycles. The Bertz CT molecular complexity index is 507. The van der Waals surface area contributed by atoms with Crippen molar-refractivity contribution in [3.8, 4) is 0 Å². The zero-order valence-corrected chi connectivity index (χ0v) is 10.3. The van der Waals surface area contributed by atoms with Gasteiger partial charge >= 0.3 is 11.9 Å². The molecule has 0 unspecified atom stereocenters. The minimum absolute atomic E-state index is 0.141. The van der Waals surface area contributed by atoms with Crippen LogP contribution in [0.25, 0.3) is 0 Å². The number of hydrogen-bond acceptors (Lipinski definition) is 5. The second kappa shape index (κ2) is 6.54. The van der Waals surface area contributed by atoms with Gasteiger partial charge in [-0.25, -0.2) is 9.59 Å². The van der Waals surface area contributed by atoms with E-state index < -0.39 is 17.4 Å². The molecule has 1 aromatic carbocycles. The summed E-state index contributed by atoms with van der Waals surface area (Å²) in [6, 6.07) is 5.22. The van der Waals surface area contributed by atoms with Crippen LogP contribution in [0, 0.1) is 0 Å². The molecule has 0 amide bonds. The third kappa shape index (κ3) is 3.41. The van der Waals surface area contributed by atoms with Crippen molar-refractivity contribution in [2.75, 3.05) is 13.2 Å². The Labute approximate surface area is 104 Å². The maximum atomic E-state index is 11.6. The van der Waals surface area contributed by atoms with Crippen LogP contribution in [0.2, 0.25) is 0 Å². The molecule has 18 heavy (non-hydrogen) atoms. The summed E-state index contributed by atoms with van der Waals surface area (Å²) in [7, 11) is 0. The van der Waals surface area contributed by atoms with Crippen LogP contribution in [0.1, 0.15) is 34.6 Å². The average molecular weight is 250 g/mol. The lowest BCUT2D eigenvalue weighted by Gasteiger charge is -2.01. The number of rotatable bonds is 4. The molecule has 5 heteroatoms. The molecule has 1 rings (SSSR count). The highest BCUT2D eigenvalue weighted by molar-refractivity contribution is 5.94. The largest absolute Gasteiger partial charge is 0.462 e. The second-order valence-electron chi connectivity index (χ2n) is 3.34. The molecule has 0 aliphatic carbocycles. The Morgan fingerprint density at radius 3 is 2.28 bits per heavy atom. The zero-order valence-electron chi connectivity index (χ0n) is 10.3. The van der Waals surface area contributed by atoms with Crippen molar-refractivity contribution < 1.29 is 19.1 Å². The van der Waals surface area contributed by atoms with E-state index in [1.165, 1.54) is 24.3 Å². The van der Waals surface area contributed by atoms with Crippen molar-refractivity contribution in [1.29, 1.82) is 0 Å². The summed E-state index contributed by atoms with van der Waals surface area (Å²) < 4.78 is 9.57. The van der Waals surface area contributed by atoms with Crippen LogP contribution in [0.15, 0.2) is 29.1 Å². The first-order valence-electron chi connectivity index (χ1n) is 5.58. The number of carbonyl (C=O) groups is 2. The molecule has 0 aromatic heterocycles. The fraction of sp³-hybridized carbons (Fsp3) is 0.308. The molecule has 96 valence electrons. The summed E-state index contributed by atoms with van der Waals surface area (Å²) in [5, 5.41) is 0. The molecule has 0 aliphatic heterocycles. The minimum atomic E-state index is -0.746. The smallest absolute Gasteiger partial charge is 0.342 e.